The zero-order valence-electron chi connectivity index (χ0n) is 21.0. The van der Waals surface area contributed by atoms with Gasteiger partial charge in [-0.3, -0.25) is 19.1 Å². The predicted octanol–water partition coefficient (Wildman–Crippen LogP) is 5.22. The number of pyridine rings is 1. The van der Waals surface area contributed by atoms with E-state index in [4.69, 9.17) is 12.2 Å². The first kappa shape index (κ1) is 26.5. The average molecular weight is 501 g/mol. The second-order valence-electron chi connectivity index (χ2n) is 9.62. The van der Waals surface area contributed by atoms with Gasteiger partial charge in [-0.15, -0.1) is 0 Å². The normalized spacial score (nSPS) is 20.8. The molecule has 34 heavy (non-hydrogen) atoms. The van der Waals surface area contributed by atoms with Gasteiger partial charge in [-0.2, -0.15) is 5.26 Å². The maximum atomic E-state index is 13.4. The fourth-order valence-electron chi connectivity index (χ4n) is 4.94. The largest absolute Gasteiger partial charge is 0.357 e. The van der Waals surface area contributed by atoms with Crippen molar-refractivity contribution >= 4 is 46.1 Å². The molecule has 0 N–H and O–H groups in total. The van der Waals surface area contributed by atoms with Crippen LogP contribution in [0.1, 0.15) is 76.0 Å². The fourth-order valence-corrected chi connectivity index (χ4v) is 6.20. The van der Waals surface area contributed by atoms with E-state index in [1.165, 1.54) is 11.8 Å². The van der Waals surface area contributed by atoms with Gasteiger partial charge in [0.05, 0.1) is 4.91 Å². The molecule has 1 amide bonds. The van der Waals surface area contributed by atoms with Crippen molar-refractivity contribution in [1.29, 1.82) is 5.26 Å². The number of carbonyl (C=O) groups excluding carboxylic acids is 1. The summed E-state index contributed by atoms with van der Waals surface area (Å²) in [5.74, 6) is 1.65. The molecule has 3 rings (SSSR count). The van der Waals surface area contributed by atoms with Gasteiger partial charge in [-0.1, -0.05) is 64.0 Å². The molecule has 184 valence electrons. The molecule has 3 heterocycles. The molecular formula is C26H36N4O2S2. The van der Waals surface area contributed by atoms with Crippen LogP contribution in [0.5, 0.6) is 0 Å². The molecule has 2 saturated heterocycles. The first-order valence-corrected chi connectivity index (χ1v) is 13.6. The monoisotopic (exact) mass is 500 g/mol. The van der Waals surface area contributed by atoms with Crippen LogP contribution in [0.15, 0.2) is 9.70 Å². The number of nitrogens with zero attached hydrogens (tertiary/aromatic N) is 4. The first-order chi connectivity index (χ1) is 16.2. The van der Waals surface area contributed by atoms with E-state index in [2.05, 4.69) is 31.7 Å². The molecule has 1 aromatic rings. The van der Waals surface area contributed by atoms with Gasteiger partial charge in [0.1, 0.15) is 21.8 Å². The molecule has 2 fully saturated rings. The summed E-state index contributed by atoms with van der Waals surface area (Å²) in [6.45, 7) is 10.7. The highest BCUT2D eigenvalue weighted by atomic mass is 32.2. The Morgan fingerprint density at radius 1 is 1.32 bits per heavy atom. The summed E-state index contributed by atoms with van der Waals surface area (Å²) in [5, 5.41) is 9.69. The summed E-state index contributed by atoms with van der Waals surface area (Å²) >= 11 is 6.92. The Labute approximate surface area is 213 Å². The summed E-state index contributed by atoms with van der Waals surface area (Å²) < 4.78 is 2.16. The maximum Gasteiger partial charge on any atom is 0.270 e. The number of piperidine rings is 1. The SMILES string of the molecule is CCCCC(CC)CN1C(=O)C(=Cc2c(C)c(C#N)c(=O)n(C)c2N2CCCC(C)C2)SC1=S. The van der Waals surface area contributed by atoms with E-state index in [-0.39, 0.29) is 17.0 Å². The molecule has 2 unspecified atom stereocenters. The smallest absolute Gasteiger partial charge is 0.270 e. The number of carbonyl (C=O) groups is 1. The molecule has 2 aliphatic rings. The Kier molecular flexibility index (Phi) is 9.00. The summed E-state index contributed by atoms with van der Waals surface area (Å²) in [6, 6.07) is 2.08. The lowest BCUT2D eigenvalue weighted by molar-refractivity contribution is -0.122. The summed E-state index contributed by atoms with van der Waals surface area (Å²) in [6.07, 6.45) is 8.45. The summed E-state index contributed by atoms with van der Waals surface area (Å²) in [4.78, 5) is 30.9. The van der Waals surface area contributed by atoms with Gasteiger partial charge in [0, 0.05) is 32.2 Å². The number of hydrogen-bond donors (Lipinski definition) is 0. The number of unbranched alkanes of at least 4 members (excludes halogenated alkanes) is 1. The Morgan fingerprint density at radius 2 is 2.06 bits per heavy atom. The molecule has 0 bridgehead atoms. The lowest BCUT2D eigenvalue weighted by Crippen LogP contribution is -2.39. The molecule has 0 aromatic carbocycles. The lowest BCUT2D eigenvalue weighted by atomic mass is 9.98. The average Bonchev–Trinajstić information content (AvgIpc) is 3.07. The standard InChI is InChI=1S/C26H36N4O2S2/c1-6-8-11-19(7-2)16-30-25(32)22(34-26(30)33)13-20-18(4)21(14-27)24(31)28(5)23(20)29-12-9-10-17(3)15-29/h13,17,19H,6-12,15-16H2,1-5H3. The van der Waals surface area contributed by atoms with E-state index < -0.39 is 0 Å². The molecule has 2 aliphatic heterocycles. The van der Waals surface area contributed by atoms with E-state index in [1.807, 2.05) is 6.08 Å². The topological polar surface area (TPSA) is 69.3 Å². The number of rotatable bonds is 8. The number of thioether (sulfide) groups is 1. The minimum atomic E-state index is -0.292. The minimum Gasteiger partial charge on any atom is -0.357 e. The molecule has 1 aromatic heterocycles. The van der Waals surface area contributed by atoms with Gasteiger partial charge in [-0.05, 0) is 49.7 Å². The molecule has 0 spiro atoms. The molecule has 8 heteroatoms. The Morgan fingerprint density at radius 3 is 2.68 bits per heavy atom. The van der Waals surface area contributed by atoms with Crippen molar-refractivity contribution in [1.82, 2.24) is 9.47 Å². The maximum absolute atomic E-state index is 13.4. The van der Waals surface area contributed by atoms with Gasteiger partial charge >= 0.3 is 0 Å². The Bertz CT molecular complexity index is 1090. The van der Waals surface area contributed by atoms with Gasteiger partial charge in [0.15, 0.2) is 0 Å². The third kappa shape index (κ3) is 5.41. The van der Waals surface area contributed by atoms with Crippen LogP contribution in [0.4, 0.5) is 5.82 Å². The van der Waals surface area contributed by atoms with Crippen molar-refractivity contribution in [2.45, 2.75) is 66.2 Å². The Balaban J connectivity index is 2.04. The predicted molar refractivity (Wildman–Crippen MR) is 145 cm³/mol. The van der Waals surface area contributed by atoms with Crippen LogP contribution in [0.3, 0.4) is 0 Å². The Hall–Kier alpha value is -2.11. The zero-order chi connectivity index (χ0) is 25.0. The molecule has 0 aliphatic carbocycles. The highest BCUT2D eigenvalue weighted by molar-refractivity contribution is 8.26. The first-order valence-electron chi connectivity index (χ1n) is 12.4. The minimum absolute atomic E-state index is 0.0744. The number of nitriles is 1. The van der Waals surface area contributed by atoms with Crippen molar-refractivity contribution in [2.24, 2.45) is 18.9 Å². The third-order valence-electron chi connectivity index (χ3n) is 7.06. The highest BCUT2D eigenvalue weighted by Crippen LogP contribution is 2.37. The number of thiocarbonyl (C=S) groups is 1. The number of anilines is 1. The van der Waals surface area contributed by atoms with Crippen molar-refractivity contribution in [3.05, 3.63) is 31.9 Å². The second kappa shape index (κ2) is 11.5. The van der Waals surface area contributed by atoms with Crippen molar-refractivity contribution in [2.75, 3.05) is 24.5 Å². The fraction of sp³-hybridized carbons (Fsp3) is 0.615. The zero-order valence-corrected chi connectivity index (χ0v) is 22.7. The molecule has 2 atom stereocenters. The summed E-state index contributed by atoms with van der Waals surface area (Å²) in [7, 11) is 1.72. The van der Waals surface area contributed by atoms with E-state index in [0.717, 1.165) is 63.0 Å². The van der Waals surface area contributed by atoms with Crippen molar-refractivity contribution in [3.63, 3.8) is 0 Å². The number of amides is 1. The van der Waals surface area contributed by atoms with E-state index in [1.54, 1.807) is 23.4 Å². The molecular weight excluding hydrogens is 464 g/mol. The van der Waals surface area contributed by atoms with E-state index >= 15 is 0 Å². The molecule has 0 radical (unpaired) electrons. The number of hydrogen-bond acceptors (Lipinski definition) is 6. The second-order valence-corrected chi connectivity index (χ2v) is 11.3. The van der Waals surface area contributed by atoms with Crippen LogP contribution in [0.25, 0.3) is 6.08 Å². The van der Waals surface area contributed by atoms with Crippen LogP contribution in [-0.4, -0.2) is 39.3 Å². The quantitative estimate of drug-likeness (QED) is 0.360. The third-order valence-corrected chi connectivity index (χ3v) is 8.44. The van der Waals surface area contributed by atoms with Gasteiger partial charge < -0.3 is 4.90 Å². The summed E-state index contributed by atoms with van der Waals surface area (Å²) in [5.41, 5.74) is 1.23. The van der Waals surface area contributed by atoms with Crippen LogP contribution in [0, 0.1) is 30.1 Å². The van der Waals surface area contributed by atoms with Gasteiger partial charge in [0.2, 0.25) is 0 Å². The van der Waals surface area contributed by atoms with Crippen LogP contribution in [-0.2, 0) is 11.8 Å². The van der Waals surface area contributed by atoms with Gasteiger partial charge in [-0.25, -0.2) is 0 Å². The van der Waals surface area contributed by atoms with E-state index in [9.17, 15) is 14.9 Å². The number of aromatic nitrogens is 1. The highest BCUT2D eigenvalue weighted by Gasteiger charge is 2.34. The van der Waals surface area contributed by atoms with Crippen molar-refractivity contribution < 1.29 is 4.79 Å². The van der Waals surface area contributed by atoms with E-state index in [0.29, 0.717) is 33.2 Å². The van der Waals surface area contributed by atoms with Crippen LogP contribution >= 0.6 is 24.0 Å². The van der Waals surface area contributed by atoms with Gasteiger partial charge in [0.25, 0.3) is 11.5 Å². The molecule has 6 nitrogen and oxygen atoms in total. The molecule has 0 saturated carbocycles. The lowest BCUT2D eigenvalue weighted by Gasteiger charge is -2.35. The van der Waals surface area contributed by atoms with Crippen LogP contribution in [0.2, 0.25) is 0 Å². The van der Waals surface area contributed by atoms with Crippen molar-refractivity contribution in [3.8, 4) is 6.07 Å². The van der Waals surface area contributed by atoms with Crippen LogP contribution < -0.4 is 10.5 Å².